The number of aliphatic hydroxyl groups excluding tert-OH is 2. The Balaban J connectivity index is 0.806. The molecule has 70 heavy (non-hydrogen) atoms. The molecule has 3 fully saturated rings. The number of carbonyl (C=O) groups excluding carboxylic acids is 3. The van der Waals surface area contributed by atoms with Crippen molar-refractivity contribution >= 4 is 53.9 Å². The van der Waals surface area contributed by atoms with Gasteiger partial charge in [-0.05, 0) is 84.8 Å². The number of rotatable bonds is 17. The van der Waals surface area contributed by atoms with Gasteiger partial charge < -0.3 is 49.3 Å². The summed E-state index contributed by atoms with van der Waals surface area (Å²) in [6.45, 7) is -0.472. The van der Waals surface area contributed by atoms with Crippen molar-refractivity contribution in [1.29, 1.82) is 0 Å². The zero-order valence-electron chi connectivity index (χ0n) is 38.6. The van der Waals surface area contributed by atoms with E-state index in [2.05, 4.69) is 5.32 Å². The molecule has 2 aliphatic carbocycles. The number of anilines is 2. The van der Waals surface area contributed by atoms with Crippen LogP contribution in [0.2, 0.25) is 0 Å². The van der Waals surface area contributed by atoms with Crippen molar-refractivity contribution in [3.05, 3.63) is 112 Å². The van der Waals surface area contributed by atoms with Gasteiger partial charge in [0.2, 0.25) is 17.7 Å². The zero-order chi connectivity index (χ0) is 50.3. The van der Waals surface area contributed by atoms with Crippen molar-refractivity contribution in [2.24, 2.45) is 23.7 Å². The van der Waals surface area contributed by atoms with Gasteiger partial charge in [0, 0.05) is 53.3 Å². The van der Waals surface area contributed by atoms with E-state index in [4.69, 9.17) is 29.0 Å². The predicted octanol–water partition coefficient (Wildman–Crippen LogP) is 5.29. The number of fused-ring (bicyclic) bond motifs is 3. The van der Waals surface area contributed by atoms with Gasteiger partial charge in [0.05, 0.1) is 57.0 Å². The average Bonchev–Trinajstić information content (AvgIpc) is 3.97. The van der Waals surface area contributed by atoms with Crippen molar-refractivity contribution in [3.63, 3.8) is 0 Å². The summed E-state index contributed by atoms with van der Waals surface area (Å²) < 4.78 is 53.9. The molecule has 3 aromatic carbocycles. The van der Waals surface area contributed by atoms with Gasteiger partial charge in [-0.15, -0.1) is 0 Å². The zero-order valence-corrected chi connectivity index (χ0v) is 38.5. The summed E-state index contributed by atoms with van der Waals surface area (Å²) in [6.07, 6.45) is -0.719. The van der Waals surface area contributed by atoms with Gasteiger partial charge in [0.15, 0.2) is 5.43 Å². The number of nitrogens with zero attached hydrogens (tertiary/aromatic N) is 1. The third-order valence-electron chi connectivity index (χ3n) is 13.2. The first kappa shape index (κ1) is 47.6. The number of aryl methyl sites for hydroxylation is 1. The van der Waals surface area contributed by atoms with Crippen LogP contribution in [0.1, 0.15) is 43.5 Å². The number of aliphatic hydroxyl groups is 2. The Morgan fingerprint density at radius 3 is 2.44 bits per heavy atom. The lowest BCUT2D eigenvalue weighted by molar-refractivity contribution is -0.124. The average molecular weight is 985 g/mol. The van der Waals surface area contributed by atoms with Crippen LogP contribution < -0.4 is 15.6 Å². The van der Waals surface area contributed by atoms with Crippen LogP contribution >= 0.6 is 7.82 Å². The van der Waals surface area contributed by atoms with E-state index >= 15 is 0 Å². The summed E-state index contributed by atoms with van der Waals surface area (Å²) in [6, 6.07) is 20.0. The van der Waals surface area contributed by atoms with Crippen LogP contribution in [-0.2, 0) is 48.6 Å². The molecule has 20 heteroatoms. The molecule has 9 rings (SSSR count). The highest BCUT2D eigenvalue weighted by molar-refractivity contribution is 7.47. The number of carboxylic acids is 1. The van der Waals surface area contributed by atoms with Crippen LogP contribution in [0.4, 0.5) is 11.4 Å². The molecule has 19 nitrogen and oxygen atoms in total. The Labute approximate surface area is 401 Å². The summed E-state index contributed by atoms with van der Waals surface area (Å²) in [7, 11) is -4.82. The van der Waals surface area contributed by atoms with Crippen LogP contribution in [-0.4, -0.2) is 113 Å². The number of carboxylic acid groups (broad SMARTS) is 1. The summed E-state index contributed by atoms with van der Waals surface area (Å²) in [5, 5.41) is 43.7. The Bertz CT molecular complexity index is 2960. The molecule has 368 valence electrons. The number of carbonyl (C=O) groups is 4. The topological polar surface area (TPSA) is 278 Å². The first-order valence-corrected chi connectivity index (χ1v) is 24.3. The van der Waals surface area contributed by atoms with Crippen LogP contribution in [0.15, 0.2) is 100 Å². The van der Waals surface area contributed by atoms with Gasteiger partial charge in [-0.1, -0.05) is 37.3 Å². The van der Waals surface area contributed by atoms with Gasteiger partial charge >= 0.3 is 13.8 Å². The van der Waals surface area contributed by atoms with Gasteiger partial charge in [-0.2, -0.15) is 0 Å². The predicted molar refractivity (Wildman–Crippen MR) is 250 cm³/mol. The number of aromatic carboxylic acids is 1. The molecule has 0 radical (unpaired) electrons. The van der Waals surface area contributed by atoms with E-state index in [0.29, 0.717) is 40.6 Å². The molecule has 4 heterocycles. The number of hydrogen-bond donors (Lipinski definition) is 6. The Morgan fingerprint density at radius 2 is 1.70 bits per heavy atom. The smallest absolute Gasteiger partial charge is 0.472 e. The summed E-state index contributed by atoms with van der Waals surface area (Å²) >= 11 is 0. The normalized spacial score (nSPS) is 27.5. The van der Waals surface area contributed by atoms with E-state index in [-0.39, 0.29) is 77.6 Å². The second kappa shape index (κ2) is 20.3. The molecule has 0 aromatic heterocycles. The number of ether oxygens (including phenoxy) is 3. The molecule has 0 saturated carbocycles. The molecule has 6 N–H and O–H groups in total. The maximum absolute atomic E-state index is 14.1. The quantitative estimate of drug-likeness (QED) is 0.0299. The number of phosphoric ester groups is 1. The third-order valence-corrected chi connectivity index (χ3v) is 14.2. The minimum absolute atomic E-state index is 0.0121. The highest BCUT2D eigenvalue weighted by Crippen LogP contribution is 2.49. The first-order valence-electron chi connectivity index (χ1n) is 23.3. The minimum atomic E-state index is -4.82. The Hall–Kier alpha value is -6.12. The maximum atomic E-state index is 14.1. The molecule has 11 atom stereocenters. The van der Waals surface area contributed by atoms with Gasteiger partial charge in [-0.3, -0.25) is 33.1 Å². The standard InChI is InChI=1S/C50H51N2O17P/c1-26-5-8-28(23-65-42-24-66-40(22-53)47(42)69-70(62,63)67-25-41-37(56)17-18-64-41)45-44(26)48(58)52(49(45)59)30-10-6-27(7-11-30)3-2-4-43(57)51-29-9-14-33(36(19-29)50(60)61)46-34-15-12-31(54)20-38(34)68-39-21-32(55)13-16-35(39)46/h5-16,19-21,26,28,37,40-42,44-45,47,53-54,56H,2-4,17-18,22-25H2,1H3,(H,51,57)(H,60,61)(H,62,63)/t26?,28?,37-,40-,41-,42?,44?,45?,47+/m1/s1/i18T/t18-,26?,28?,37+,40+,41+,42?,44?,45?,47-/m0. The number of phosphoric acid groups is 1. The fourth-order valence-corrected chi connectivity index (χ4v) is 10.7. The number of allylic oxidation sites excluding steroid dienone is 1. The summed E-state index contributed by atoms with van der Waals surface area (Å²) in [5.74, 6) is -4.62. The third kappa shape index (κ3) is 10.1. The number of phenolic OH excluding ortho intramolecular Hbond substituents is 1. The van der Waals surface area contributed by atoms with Crippen molar-refractivity contribution in [3.8, 4) is 28.2 Å². The van der Waals surface area contributed by atoms with Crippen molar-refractivity contribution in [1.82, 2.24) is 0 Å². The number of aromatic hydroxyl groups is 1. The summed E-state index contributed by atoms with van der Waals surface area (Å²) in [5.41, 5.74) is 2.55. The van der Waals surface area contributed by atoms with Crippen LogP contribution in [0.3, 0.4) is 0 Å². The van der Waals surface area contributed by atoms with Crippen molar-refractivity contribution in [2.45, 2.75) is 63.1 Å². The van der Waals surface area contributed by atoms with Crippen LogP contribution in [0.5, 0.6) is 5.75 Å². The number of phenols is 1. The summed E-state index contributed by atoms with van der Waals surface area (Å²) in [4.78, 5) is 77.8. The van der Waals surface area contributed by atoms with Gasteiger partial charge in [0.1, 0.15) is 41.5 Å². The highest BCUT2D eigenvalue weighted by atomic mass is 31.2. The lowest BCUT2D eigenvalue weighted by Crippen LogP contribution is -2.40. The van der Waals surface area contributed by atoms with E-state index in [0.717, 1.165) is 5.56 Å². The largest absolute Gasteiger partial charge is 0.508 e. The van der Waals surface area contributed by atoms with Crippen molar-refractivity contribution in [2.75, 3.05) is 43.2 Å². The molecule has 3 aromatic rings. The highest BCUT2D eigenvalue weighted by Gasteiger charge is 2.54. The van der Waals surface area contributed by atoms with E-state index < -0.39 is 87.8 Å². The van der Waals surface area contributed by atoms with Crippen LogP contribution in [0, 0.1) is 23.7 Å². The molecule has 0 bridgehead atoms. The lowest BCUT2D eigenvalue weighted by atomic mass is 9.72. The Morgan fingerprint density at radius 1 is 0.929 bits per heavy atom. The lowest BCUT2D eigenvalue weighted by Gasteiger charge is -2.31. The first-order chi connectivity index (χ1) is 34.0. The number of nitrogens with one attached hydrogen (secondary N) is 1. The second-order valence-corrected chi connectivity index (χ2v) is 19.2. The maximum Gasteiger partial charge on any atom is 0.472 e. The molecule has 4 aliphatic heterocycles. The van der Waals surface area contributed by atoms with E-state index in [1.807, 2.05) is 19.1 Å². The molecule has 6 unspecified atom stereocenters. The molecule has 3 saturated heterocycles. The molecule has 0 spiro atoms. The molecular weight excluding hydrogens is 932 g/mol. The van der Waals surface area contributed by atoms with Gasteiger partial charge in [-0.25, -0.2) is 9.36 Å². The number of imide groups is 1. The molecule has 6 aliphatic rings. The van der Waals surface area contributed by atoms with Gasteiger partial charge in [0.25, 0.3) is 0 Å². The van der Waals surface area contributed by atoms with Crippen LogP contribution in [0.25, 0.3) is 33.4 Å². The fourth-order valence-electron chi connectivity index (χ4n) is 9.68. The number of amides is 3. The number of hydrogen-bond acceptors (Lipinski definition) is 15. The molecular formula is C50H51N2O17P. The minimum Gasteiger partial charge on any atom is -0.508 e. The number of benzene rings is 4. The SMILES string of the molecule is [3H][C@H]1C[C@@H](O)[C@@H](COP(=O)(O)O[C@@H]2C(OCC3C=CC(C)C4C(=O)N(c5ccc(CCCC(=O)Nc6ccc(-c7c8ccc(=O)cc-8oc8cc(O)ccc78)c(C(=O)O)c6)cc5)C(=O)C34)CO[C@@H]2CO)O1. The van der Waals surface area contributed by atoms with Crippen molar-refractivity contribution < 1.29 is 78.1 Å². The Kier molecular flexibility index (Phi) is 13.8. The van der Waals surface area contributed by atoms with E-state index in [9.17, 15) is 53.9 Å². The molecule has 3 amide bonds. The monoisotopic (exact) mass is 984 g/mol. The van der Waals surface area contributed by atoms with E-state index in [1.54, 1.807) is 48.5 Å². The van der Waals surface area contributed by atoms with E-state index in [1.165, 1.54) is 35.2 Å². The fraction of sp³-hybridized carbons (Fsp3) is 0.380. The second-order valence-electron chi connectivity index (χ2n) is 17.8.